The largest absolute Gasteiger partial charge is 0.416 e. The molecule has 0 unspecified atom stereocenters. The molecule has 3 rings (SSSR count). The number of hydrogen-bond donors (Lipinski definition) is 1. The third-order valence-electron chi connectivity index (χ3n) is 3.63. The standard InChI is InChI=1S/C20H12F3N5OS/c21-20(22,23)15-7-4-8-16(10-15)27-28-17-12-25-19(30-17)26-18(29)14(11-24)9-13-5-2-1-3-6-13/h1-10,12H,(H,25,26,29)/b14-9+,28-27?. The van der Waals surface area contributed by atoms with Gasteiger partial charge in [-0.25, -0.2) is 4.98 Å². The van der Waals surface area contributed by atoms with Crippen molar-refractivity contribution in [2.45, 2.75) is 6.18 Å². The minimum Gasteiger partial charge on any atom is -0.297 e. The monoisotopic (exact) mass is 427 g/mol. The van der Waals surface area contributed by atoms with Gasteiger partial charge in [-0.05, 0) is 29.8 Å². The number of anilines is 1. The number of halogens is 3. The summed E-state index contributed by atoms with van der Waals surface area (Å²) in [5.41, 5.74) is -0.214. The van der Waals surface area contributed by atoms with Gasteiger partial charge in [0.2, 0.25) is 0 Å². The number of thiazole rings is 1. The number of alkyl halides is 3. The first-order valence-corrected chi connectivity index (χ1v) is 9.20. The van der Waals surface area contributed by atoms with Crippen molar-refractivity contribution < 1.29 is 18.0 Å². The van der Waals surface area contributed by atoms with Crippen LogP contribution in [0.4, 0.5) is 29.0 Å². The van der Waals surface area contributed by atoms with Crippen LogP contribution < -0.4 is 5.32 Å². The summed E-state index contributed by atoms with van der Waals surface area (Å²) in [4.78, 5) is 16.2. The molecule has 150 valence electrons. The summed E-state index contributed by atoms with van der Waals surface area (Å²) in [5.74, 6) is -0.642. The zero-order chi connectivity index (χ0) is 21.6. The summed E-state index contributed by atoms with van der Waals surface area (Å²) < 4.78 is 38.2. The molecule has 1 aromatic heterocycles. The van der Waals surface area contributed by atoms with Crippen LogP contribution in [0, 0.1) is 11.3 Å². The Labute approximate surface area is 173 Å². The Morgan fingerprint density at radius 1 is 1.13 bits per heavy atom. The number of aromatic nitrogens is 1. The van der Waals surface area contributed by atoms with Crippen LogP contribution in [-0.2, 0) is 11.0 Å². The van der Waals surface area contributed by atoms with Crippen molar-refractivity contribution in [3.8, 4) is 6.07 Å². The lowest BCUT2D eigenvalue weighted by atomic mass is 10.1. The smallest absolute Gasteiger partial charge is 0.297 e. The van der Waals surface area contributed by atoms with Crippen molar-refractivity contribution in [1.82, 2.24) is 4.98 Å². The second-order valence-electron chi connectivity index (χ2n) is 5.79. The molecular formula is C20H12F3N5OS. The highest BCUT2D eigenvalue weighted by Crippen LogP contribution is 2.33. The summed E-state index contributed by atoms with van der Waals surface area (Å²) >= 11 is 0.962. The molecule has 0 radical (unpaired) electrons. The SMILES string of the molecule is N#C/C(=C\c1ccccc1)C(=O)Nc1ncc(N=Nc2cccc(C(F)(F)F)c2)s1. The number of nitrogens with zero attached hydrogens (tertiary/aromatic N) is 4. The van der Waals surface area contributed by atoms with E-state index in [1.54, 1.807) is 24.3 Å². The fourth-order valence-electron chi connectivity index (χ4n) is 2.25. The highest BCUT2D eigenvalue weighted by atomic mass is 32.1. The predicted molar refractivity (Wildman–Crippen MR) is 106 cm³/mol. The average Bonchev–Trinajstić information content (AvgIpc) is 3.18. The van der Waals surface area contributed by atoms with Crippen LogP contribution in [0.15, 0.2) is 76.6 Å². The topological polar surface area (TPSA) is 90.5 Å². The van der Waals surface area contributed by atoms with Crippen molar-refractivity contribution in [2.24, 2.45) is 10.2 Å². The van der Waals surface area contributed by atoms with Crippen LogP contribution in [0.1, 0.15) is 11.1 Å². The number of nitriles is 1. The molecule has 1 amide bonds. The van der Waals surface area contributed by atoms with Crippen LogP contribution in [0.5, 0.6) is 0 Å². The van der Waals surface area contributed by atoms with Gasteiger partial charge in [0, 0.05) is 0 Å². The molecule has 0 atom stereocenters. The predicted octanol–water partition coefficient (Wildman–Crippen LogP) is 6.12. The van der Waals surface area contributed by atoms with Crippen molar-refractivity contribution in [3.05, 3.63) is 77.5 Å². The van der Waals surface area contributed by atoms with E-state index < -0.39 is 17.6 Å². The quantitative estimate of drug-likeness (QED) is 0.302. The number of hydrogen-bond acceptors (Lipinski definition) is 6. The molecule has 3 aromatic rings. The molecule has 0 aliphatic carbocycles. The maximum absolute atomic E-state index is 12.7. The summed E-state index contributed by atoms with van der Waals surface area (Å²) in [7, 11) is 0. The van der Waals surface area contributed by atoms with E-state index in [9.17, 15) is 23.2 Å². The molecule has 0 spiro atoms. The van der Waals surface area contributed by atoms with Crippen LogP contribution in [-0.4, -0.2) is 10.9 Å². The van der Waals surface area contributed by atoms with Gasteiger partial charge in [0.15, 0.2) is 10.1 Å². The Kier molecular flexibility index (Phi) is 6.34. The lowest BCUT2D eigenvalue weighted by Gasteiger charge is -2.05. The van der Waals surface area contributed by atoms with Crippen molar-refractivity contribution in [1.29, 1.82) is 5.26 Å². The third kappa shape index (κ3) is 5.59. The van der Waals surface area contributed by atoms with E-state index >= 15 is 0 Å². The molecular weight excluding hydrogens is 415 g/mol. The van der Waals surface area contributed by atoms with Crippen LogP contribution in [0.25, 0.3) is 6.08 Å². The number of rotatable bonds is 5. The average molecular weight is 427 g/mol. The number of nitrogens with one attached hydrogen (secondary N) is 1. The Hall–Kier alpha value is -3.84. The number of azo groups is 1. The highest BCUT2D eigenvalue weighted by molar-refractivity contribution is 7.19. The molecule has 0 bridgehead atoms. The lowest BCUT2D eigenvalue weighted by Crippen LogP contribution is -2.13. The van der Waals surface area contributed by atoms with Gasteiger partial charge in [-0.3, -0.25) is 10.1 Å². The molecule has 0 fully saturated rings. The molecule has 6 nitrogen and oxygen atoms in total. The van der Waals surface area contributed by atoms with E-state index in [2.05, 4.69) is 20.5 Å². The first kappa shape index (κ1) is 20.9. The number of amides is 1. The zero-order valence-corrected chi connectivity index (χ0v) is 15.9. The molecule has 10 heteroatoms. The van der Waals surface area contributed by atoms with Gasteiger partial charge in [-0.2, -0.15) is 18.4 Å². The van der Waals surface area contributed by atoms with Crippen molar-refractivity contribution in [2.75, 3.05) is 5.32 Å². The molecule has 2 aromatic carbocycles. The maximum atomic E-state index is 12.7. The fraction of sp³-hybridized carbons (Fsp3) is 0.0500. The van der Waals surface area contributed by atoms with Gasteiger partial charge in [-0.1, -0.05) is 47.7 Å². The minimum atomic E-state index is -4.47. The van der Waals surface area contributed by atoms with Gasteiger partial charge in [0.05, 0.1) is 17.4 Å². The number of carbonyl (C=O) groups excluding carboxylic acids is 1. The molecule has 30 heavy (non-hydrogen) atoms. The minimum absolute atomic E-state index is 0.0290. The molecule has 1 N–H and O–H groups in total. The van der Waals surface area contributed by atoms with Gasteiger partial charge in [0.25, 0.3) is 5.91 Å². The van der Waals surface area contributed by atoms with Crippen LogP contribution in [0.3, 0.4) is 0 Å². The van der Waals surface area contributed by atoms with Gasteiger partial charge in [-0.15, -0.1) is 10.2 Å². The highest BCUT2D eigenvalue weighted by Gasteiger charge is 2.30. The molecule has 0 saturated heterocycles. The summed E-state index contributed by atoms with van der Waals surface area (Å²) in [6.45, 7) is 0. The third-order valence-corrected chi connectivity index (χ3v) is 4.42. The van der Waals surface area contributed by atoms with Gasteiger partial charge >= 0.3 is 6.18 Å². The summed E-state index contributed by atoms with van der Waals surface area (Å²) in [6.07, 6.45) is -1.72. The van der Waals surface area contributed by atoms with E-state index in [1.807, 2.05) is 12.1 Å². The summed E-state index contributed by atoms with van der Waals surface area (Å²) in [6, 6.07) is 15.1. The number of carbonyl (C=O) groups is 1. The van der Waals surface area contributed by atoms with Gasteiger partial charge < -0.3 is 0 Å². The first-order chi connectivity index (χ1) is 14.3. The normalized spacial score (nSPS) is 12.0. The molecule has 0 saturated carbocycles. The van der Waals surface area contributed by atoms with E-state index in [4.69, 9.17) is 0 Å². The Morgan fingerprint density at radius 3 is 2.60 bits per heavy atom. The van der Waals surface area contributed by atoms with E-state index in [0.717, 1.165) is 23.5 Å². The van der Waals surface area contributed by atoms with Crippen molar-refractivity contribution in [3.63, 3.8) is 0 Å². The second-order valence-corrected chi connectivity index (χ2v) is 6.80. The Balaban J connectivity index is 1.69. The van der Waals surface area contributed by atoms with Gasteiger partial charge in [0.1, 0.15) is 11.6 Å². The van der Waals surface area contributed by atoms with Crippen LogP contribution >= 0.6 is 11.3 Å². The van der Waals surface area contributed by atoms with Crippen molar-refractivity contribution >= 4 is 39.1 Å². The lowest BCUT2D eigenvalue weighted by molar-refractivity contribution is -0.137. The number of benzene rings is 2. The first-order valence-electron chi connectivity index (χ1n) is 8.38. The van der Waals surface area contributed by atoms with E-state index in [-0.39, 0.29) is 21.4 Å². The van der Waals surface area contributed by atoms with E-state index in [1.165, 1.54) is 24.4 Å². The fourth-order valence-corrected chi connectivity index (χ4v) is 2.88. The molecule has 0 aliphatic heterocycles. The maximum Gasteiger partial charge on any atom is 0.416 e. The second kappa shape index (κ2) is 9.11. The zero-order valence-electron chi connectivity index (χ0n) is 15.1. The molecule has 0 aliphatic rings. The summed E-state index contributed by atoms with van der Waals surface area (Å²) in [5, 5.41) is 19.8. The molecule has 1 heterocycles. The Morgan fingerprint density at radius 2 is 1.90 bits per heavy atom. The Bertz CT molecular complexity index is 1150. The van der Waals surface area contributed by atoms with Crippen LogP contribution in [0.2, 0.25) is 0 Å². The van der Waals surface area contributed by atoms with E-state index in [0.29, 0.717) is 5.56 Å².